The minimum absolute atomic E-state index is 0.534. The van der Waals surface area contributed by atoms with Crippen LogP contribution < -0.4 is 10.6 Å². The molecule has 0 heterocycles. The van der Waals surface area contributed by atoms with E-state index in [-0.39, 0.29) is 0 Å². The lowest BCUT2D eigenvalue weighted by molar-refractivity contribution is 0.190. The molecule has 0 aliphatic carbocycles. The number of benzene rings is 1. The predicted molar refractivity (Wildman–Crippen MR) is 76.8 cm³/mol. The van der Waals surface area contributed by atoms with Crippen molar-refractivity contribution < 1.29 is 9.47 Å². The van der Waals surface area contributed by atoms with Gasteiger partial charge in [-0.1, -0.05) is 23.2 Å². The van der Waals surface area contributed by atoms with E-state index in [2.05, 4.69) is 0 Å². The van der Waals surface area contributed by atoms with Gasteiger partial charge in [0, 0.05) is 33.0 Å². The number of nitrogens with two attached hydrogens (primary N) is 1. The van der Waals surface area contributed by atoms with Gasteiger partial charge in [0.15, 0.2) is 0 Å². The molecule has 0 radical (unpaired) electrons. The Morgan fingerprint density at radius 1 is 1.06 bits per heavy atom. The van der Waals surface area contributed by atoms with Crippen molar-refractivity contribution in [3.8, 4) is 0 Å². The van der Waals surface area contributed by atoms with E-state index < -0.39 is 0 Å². The second-order valence-corrected chi connectivity index (χ2v) is 4.62. The van der Waals surface area contributed by atoms with Crippen LogP contribution in [0.15, 0.2) is 12.1 Å². The largest absolute Gasteiger partial charge is 0.399 e. The van der Waals surface area contributed by atoms with Crippen molar-refractivity contribution >= 4 is 34.6 Å². The summed E-state index contributed by atoms with van der Waals surface area (Å²) in [5, 5.41) is 1.07. The van der Waals surface area contributed by atoms with Crippen molar-refractivity contribution in [3.63, 3.8) is 0 Å². The number of anilines is 2. The van der Waals surface area contributed by atoms with Crippen molar-refractivity contribution in [1.29, 1.82) is 0 Å². The fraction of sp³-hybridized carbons (Fsp3) is 0.500. The Bertz CT molecular complexity index is 357. The summed E-state index contributed by atoms with van der Waals surface area (Å²) < 4.78 is 10.2. The van der Waals surface area contributed by atoms with Crippen molar-refractivity contribution in [1.82, 2.24) is 0 Å². The Hall–Kier alpha value is -0.680. The Morgan fingerprint density at radius 3 is 1.89 bits per heavy atom. The highest BCUT2D eigenvalue weighted by atomic mass is 35.5. The first kappa shape index (κ1) is 15.4. The molecule has 0 unspecified atom stereocenters. The zero-order valence-corrected chi connectivity index (χ0v) is 12.1. The molecule has 0 amide bonds. The summed E-state index contributed by atoms with van der Waals surface area (Å²) >= 11 is 12.4. The minimum Gasteiger partial charge on any atom is -0.399 e. The number of nitrogens with zero attached hydrogens (tertiary/aromatic N) is 1. The van der Waals surface area contributed by atoms with Gasteiger partial charge in [-0.25, -0.2) is 0 Å². The zero-order valence-electron chi connectivity index (χ0n) is 10.6. The number of methoxy groups -OCH3 is 2. The van der Waals surface area contributed by atoms with E-state index in [1.54, 1.807) is 26.4 Å². The maximum Gasteiger partial charge on any atom is 0.0748 e. The van der Waals surface area contributed by atoms with Crippen molar-refractivity contribution in [2.24, 2.45) is 0 Å². The van der Waals surface area contributed by atoms with Gasteiger partial charge in [-0.3, -0.25) is 0 Å². The van der Waals surface area contributed by atoms with Gasteiger partial charge in [0.2, 0.25) is 0 Å². The van der Waals surface area contributed by atoms with Gasteiger partial charge in [0.05, 0.1) is 28.9 Å². The second-order valence-electron chi connectivity index (χ2n) is 3.81. The zero-order chi connectivity index (χ0) is 13.5. The van der Waals surface area contributed by atoms with Crippen molar-refractivity contribution in [2.45, 2.75) is 0 Å². The SMILES string of the molecule is COCCN(CCOC)c1c(Cl)cc(N)cc1Cl. The van der Waals surface area contributed by atoms with Crippen LogP contribution >= 0.6 is 23.2 Å². The lowest BCUT2D eigenvalue weighted by Gasteiger charge is -2.26. The van der Waals surface area contributed by atoms with Crippen LogP contribution in [-0.4, -0.2) is 40.5 Å². The quantitative estimate of drug-likeness (QED) is 0.785. The van der Waals surface area contributed by atoms with Gasteiger partial charge in [0.1, 0.15) is 0 Å². The first-order chi connectivity index (χ1) is 8.60. The summed E-state index contributed by atoms with van der Waals surface area (Å²) in [5.74, 6) is 0. The fourth-order valence-electron chi connectivity index (χ4n) is 1.63. The summed E-state index contributed by atoms with van der Waals surface area (Å²) in [4.78, 5) is 2.02. The van der Waals surface area contributed by atoms with E-state index in [4.69, 9.17) is 38.4 Å². The topological polar surface area (TPSA) is 47.7 Å². The number of halogens is 2. The lowest BCUT2D eigenvalue weighted by atomic mass is 10.2. The maximum atomic E-state index is 6.20. The Balaban J connectivity index is 2.95. The fourth-order valence-corrected chi connectivity index (χ4v) is 2.37. The van der Waals surface area contributed by atoms with Gasteiger partial charge in [-0.05, 0) is 12.1 Å². The van der Waals surface area contributed by atoms with Gasteiger partial charge in [-0.2, -0.15) is 0 Å². The molecule has 18 heavy (non-hydrogen) atoms. The smallest absolute Gasteiger partial charge is 0.0748 e. The highest BCUT2D eigenvalue weighted by Crippen LogP contribution is 2.35. The van der Waals surface area contributed by atoms with Gasteiger partial charge in [-0.15, -0.1) is 0 Å². The number of rotatable bonds is 7. The molecular formula is C12H18Cl2N2O2. The summed E-state index contributed by atoms with van der Waals surface area (Å²) in [5.41, 5.74) is 7.01. The lowest BCUT2D eigenvalue weighted by Crippen LogP contribution is -2.31. The summed E-state index contributed by atoms with van der Waals surface area (Å²) in [6, 6.07) is 3.38. The van der Waals surface area contributed by atoms with Crippen molar-refractivity contribution in [2.75, 3.05) is 51.2 Å². The molecule has 6 heteroatoms. The van der Waals surface area contributed by atoms with Crippen LogP contribution in [0.2, 0.25) is 10.0 Å². The molecule has 0 spiro atoms. The van der Waals surface area contributed by atoms with Crippen LogP contribution in [0.4, 0.5) is 11.4 Å². The molecule has 0 aliphatic rings. The van der Waals surface area contributed by atoms with E-state index in [1.807, 2.05) is 4.90 Å². The Kier molecular flexibility index (Phi) is 6.57. The van der Waals surface area contributed by atoms with Crippen LogP contribution in [0.1, 0.15) is 0 Å². The first-order valence-corrected chi connectivity index (χ1v) is 6.33. The average molecular weight is 293 g/mol. The normalized spacial score (nSPS) is 10.7. The maximum absolute atomic E-state index is 6.20. The summed E-state index contributed by atoms with van der Waals surface area (Å²) in [6.07, 6.45) is 0. The monoisotopic (exact) mass is 292 g/mol. The second kappa shape index (κ2) is 7.69. The molecule has 1 aromatic carbocycles. The van der Waals surface area contributed by atoms with Gasteiger partial charge in [0.25, 0.3) is 0 Å². The summed E-state index contributed by atoms with van der Waals surface area (Å²) in [7, 11) is 3.31. The number of nitrogen functional groups attached to an aromatic ring is 1. The molecule has 0 aliphatic heterocycles. The minimum atomic E-state index is 0.534. The molecule has 0 fully saturated rings. The van der Waals surface area contributed by atoms with Gasteiger partial charge >= 0.3 is 0 Å². The van der Waals surface area contributed by atoms with Crippen molar-refractivity contribution in [3.05, 3.63) is 22.2 Å². The number of ether oxygens (including phenoxy) is 2. The Morgan fingerprint density at radius 2 is 1.50 bits per heavy atom. The van der Waals surface area contributed by atoms with E-state index in [1.165, 1.54) is 0 Å². The predicted octanol–water partition coefficient (Wildman–Crippen LogP) is 2.67. The average Bonchev–Trinajstić information content (AvgIpc) is 2.30. The highest BCUT2D eigenvalue weighted by Gasteiger charge is 2.15. The number of hydrogen-bond acceptors (Lipinski definition) is 4. The standard InChI is InChI=1S/C12H18Cl2N2O2/c1-17-5-3-16(4-6-18-2)12-10(13)7-9(15)8-11(12)14/h7-8H,3-6,15H2,1-2H3. The van der Waals surface area contributed by atoms with E-state index in [9.17, 15) is 0 Å². The van der Waals surface area contributed by atoms with Crippen LogP contribution in [0.5, 0.6) is 0 Å². The molecule has 102 valence electrons. The number of hydrogen-bond donors (Lipinski definition) is 1. The first-order valence-electron chi connectivity index (χ1n) is 5.57. The summed E-state index contributed by atoms with van der Waals surface area (Å²) in [6.45, 7) is 2.54. The highest BCUT2D eigenvalue weighted by molar-refractivity contribution is 6.39. The Labute approximate surface area is 118 Å². The third-order valence-corrected chi connectivity index (χ3v) is 3.06. The molecule has 0 aromatic heterocycles. The molecule has 0 bridgehead atoms. The third-order valence-electron chi connectivity index (χ3n) is 2.49. The third kappa shape index (κ3) is 4.21. The van der Waals surface area contributed by atoms with E-state index >= 15 is 0 Å². The van der Waals surface area contributed by atoms with Crippen LogP contribution in [-0.2, 0) is 9.47 Å². The van der Waals surface area contributed by atoms with Crippen LogP contribution in [0.3, 0.4) is 0 Å². The van der Waals surface area contributed by atoms with E-state index in [0.717, 1.165) is 5.69 Å². The van der Waals surface area contributed by atoms with Crippen LogP contribution in [0, 0.1) is 0 Å². The van der Waals surface area contributed by atoms with E-state index in [0.29, 0.717) is 42.0 Å². The molecule has 1 rings (SSSR count). The molecule has 4 nitrogen and oxygen atoms in total. The van der Waals surface area contributed by atoms with Gasteiger partial charge < -0.3 is 20.1 Å². The molecule has 1 aromatic rings. The van der Waals surface area contributed by atoms with Crippen LogP contribution in [0.25, 0.3) is 0 Å². The molecular weight excluding hydrogens is 275 g/mol. The molecule has 0 saturated carbocycles. The molecule has 2 N–H and O–H groups in total. The molecule has 0 atom stereocenters. The molecule has 0 saturated heterocycles.